The third kappa shape index (κ3) is 5.31. The van der Waals surface area contributed by atoms with E-state index >= 15 is 0 Å². The Labute approximate surface area is 190 Å². The van der Waals surface area contributed by atoms with Crippen molar-refractivity contribution in [1.29, 1.82) is 0 Å². The molecule has 0 atom stereocenters. The lowest BCUT2D eigenvalue weighted by molar-refractivity contribution is -0.134. The molecule has 1 aromatic heterocycles. The van der Waals surface area contributed by atoms with Crippen molar-refractivity contribution in [3.8, 4) is 17.4 Å². The number of aromatic nitrogens is 2. The molecule has 2 aromatic rings. The zero-order chi connectivity index (χ0) is 22.7. The Hall–Kier alpha value is -2.83. The Balaban J connectivity index is 1.66. The molecule has 4 rings (SSSR count). The van der Waals surface area contributed by atoms with Crippen LogP contribution in [0, 0.1) is 5.41 Å². The highest BCUT2D eigenvalue weighted by atomic mass is 16.5. The summed E-state index contributed by atoms with van der Waals surface area (Å²) in [4.78, 5) is 26.8. The molecule has 1 saturated heterocycles. The van der Waals surface area contributed by atoms with Gasteiger partial charge in [0, 0.05) is 38.5 Å². The minimum atomic E-state index is -0.0497. The molecule has 1 aromatic carbocycles. The number of nitrogens with zero attached hydrogens (tertiary/aromatic N) is 4. The highest BCUT2D eigenvalue weighted by Gasteiger charge is 2.29. The molecule has 32 heavy (non-hydrogen) atoms. The minimum absolute atomic E-state index is 0.0497. The Morgan fingerprint density at radius 1 is 1.06 bits per heavy atom. The number of carbonyl (C=O) groups excluding carboxylic acids is 1. The van der Waals surface area contributed by atoms with Crippen LogP contribution in [0.4, 0.5) is 5.95 Å². The van der Waals surface area contributed by atoms with Gasteiger partial charge in [-0.15, -0.1) is 0 Å². The van der Waals surface area contributed by atoms with Gasteiger partial charge in [-0.05, 0) is 36.8 Å². The van der Waals surface area contributed by atoms with Crippen LogP contribution in [0.15, 0.2) is 24.3 Å². The second-order valence-corrected chi connectivity index (χ2v) is 9.89. The summed E-state index contributed by atoms with van der Waals surface area (Å²) < 4.78 is 11.6. The molecular formula is C25H34N4O3. The zero-order valence-electron chi connectivity index (χ0n) is 19.7. The topological polar surface area (TPSA) is 67.8 Å². The van der Waals surface area contributed by atoms with Gasteiger partial charge >= 0.3 is 0 Å². The van der Waals surface area contributed by atoms with E-state index in [0.29, 0.717) is 37.6 Å². The quantitative estimate of drug-likeness (QED) is 0.680. The van der Waals surface area contributed by atoms with Crippen molar-refractivity contribution in [3.05, 3.63) is 35.5 Å². The van der Waals surface area contributed by atoms with Crippen molar-refractivity contribution in [2.75, 3.05) is 31.6 Å². The lowest BCUT2D eigenvalue weighted by atomic mass is 9.91. The molecule has 0 unspecified atom stereocenters. The minimum Gasteiger partial charge on any atom is -0.497 e. The van der Waals surface area contributed by atoms with Crippen LogP contribution in [0.5, 0.6) is 17.4 Å². The van der Waals surface area contributed by atoms with Crippen LogP contribution in [-0.4, -0.2) is 47.5 Å². The van der Waals surface area contributed by atoms with Gasteiger partial charge in [0.25, 0.3) is 0 Å². The standard InChI is InChI=1S/C25H34N4O3/c1-25(2,3)16-22(30)29-14-11-21-20(17-29)23(32-19-10-8-9-18(15-19)31-4)27-24(26-21)28-12-6-5-7-13-28/h8-10,15H,5-7,11-14,16-17H2,1-4H3. The molecule has 0 saturated carbocycles. The van der Waals surface area contributed by atoms with Crippen molar-refractivity contribution in [1.82, 2.24) is 14.9 Å². The largest absolute Gasteiger partial charge is 0.497 e. The second kappa shape index (κ2) is 9.35. The Bertz CT molecular complexity index is 964. The summed E-state index contributed by atoms with van der Waals surface area (Å²) >= 11 is 0. The van der Waals surface area contributed by atoms with Gasteiger partial charge in [-0.25, -0.2) is 4.98 Å². The van der Waals surface area contributed by atoms with Crippen LogP contribution >= 0.6 is 0 Å². The van der Waals surface area contributed by atoms with Crippen LogP contribution in [0.3, 0.4) is 0 Å². The fourth-order valence-electron chi connectivity index (χ4n) is 4.25. The van der Waals surface area contributed by atoms with Crippen LogP contribution in [0.2, 0.25) is 0 Å². The van der Waals surface area contributed by atoms with Crippen molar-refractivity contribution in [3.63, 3.8) is 0 Å². The summed E-state index contributed by atoms with van der Waals surface area (Å²) in [5.41, 5.74) is 1.84. The molecule has 0 N–H and O–H groups in total. The number of anilines is 1. The Morgan fingerprint density at radius 2 is 1.81 bits per heavy atom. The first kappa shape index (κ1) is 22.4. The summed E-state index contributed by atoms with van der Waals surface area (Å²) in [7, 11) is 1.64. The summed E-state index contributed by atoms with van der Waals surface area (Å²) in [6.45, 7) is 9.36. The molecule has 2 aliphatic heterocycles. The molecule has 7 nitrogen and oxygen atoms in total. The van der Waals surface area contributed by atoms with E-state index in [4.69, 9.17) is 19.4 Å². The van der Waals surface area contributed by atoms with Crippen molar-refractivity contribution < 1.29 is 14.3 Å². The molecule has 1 fully saturated rings. The van der Waals surface area contributed by atoms with Crippen LogP contribution in [-0.2, 0) is 17.8 Å². The van der Waals surface area contributed by atoms with E-state index in [-0.39, 0.29) is 11.3 Å². The molecule has 3 heterocycles. The number of benzene rings is 1. The van der Waals surface area contributed by atoms with Crippen LogP contribution in [0.25, 0.3) is 0 Å². The predicted molar refractivity (Wildman–Crippen MR) is 124 cm³/mol. The first-order valence-corrected chi connectivity index (χ1v) is 11.6. The smallest absolute Gasteiger partial charge is 0.229 e. The molecule has 172 valence electrons. The monoisotopic (exact) mass is 438 g/mol. The van der Waals surface area contributed by atoms with Gasteiger partial charge in [0.15, 0.2) is 0 Å². The molecule has 0 aliphatic carbocycles. The predicted octanol–water partition coefficient (Wildman–Crippen LogP) is 4.59. The summed E-state index contributed by atoms with van der Waals surface area (Å²) in [5.74, 6) is 2.82. The van der Waals surface area contributed by atoms with Gasteiger partial charge in [-0.1, -0.05) is 26.8 Å². The summed E-state index contributed by atoms with van der Waals surface area (Å²) in [6.07, 6.45) is 4.78. The number of ether oxygens (including phenoxy) is 2. The van der Waals surface area contributed by atoms with E-state index in [1.807, 2.05) is 29.2 Å². The van der Waals surface area contributed by atoms with Crippen LogP contribution in [0.1, 0.15) is 57.7 Å². The normalized spacial score (nSPS) is 16.5. The molecule has 7 heteroatoms. The second-order valence-electron chi connectivity index (χ2n) is 9.89. The highest BCUT2D eigenvalue weighted by molar-refractivity contribution is 5.77. The van der Waals surface area contributed by atoms with Gasteiger partial charge < -0.3 is 19.3 Å². The number of piperidine rings is 1. The van der Waals surface area contributed by atoms with E-state index in [0.717, 1.165) is 48.9 Å². The van der Waals surface area contributed by atoms with Crippen molar-refractivity contribution >= 4 is 11.9 Å². The average Bonchev–Trinajstić information content (AvgIpc) is 2.78. The van der Waals surface area contributed by atoms with Gasteiger partial charge in [-0.3, -0.25) is 4.79 Å². The highest BCUT2D eigenvalue weighted by Crippen LogP contribution is 2.34. The fraction of sp³-hybridized carbons (Fsp3) is 0.560. The van der Waals surface area contributed by atoms with E-state index in [2.05, 4.69) is 25.7 Å². The first-order chi connectivity index (χ1) is 15.3. The van der Waals surface area contributed by atoms with E-state index in [1.54, 1.807) is 7.11 Å². The maximum absolute atomic E-state index is 12.9. The van der Waals surface area contributed by atoms with E-state index in [9.17, 15) is 4.79 Å². The number of amides is 1. The lowest BCUT2D eigenvalue weighted by Gasteiger charge is -2.33. The SMILES string of the molecule is COc1cccc(Oc2nc(N3CCCCC3)nc3c2CN(C(=O)CC(C)(C)C)CC3)c1. The number of methoxy groups -OCH3 is 1. The van der Waals surface area contributed by atoms with Crippen molar-refractivity contribution in [2.24, 2.45) is 5.41 Å². The Morgan fingerprint density at radius 3 is 2.53 bits per heavy atom. The Kier molecular flexibility index (Phi) is 6.53. The number of fused-ring (bicyclic) bond motifs is 1. The number of carbonyl (C=O) groups is 1. The van der Waals surface area contributed by atoms with Gasteiger partial charge in [0.1, 0.15) is 11.5 Å². The van der Waals surface area contributed by atoms with E-state index < -0.39 is 0 Å². The third-order valence-corrected chi connectivity index (χ3v) is 5.94. The third-order valence-electron chi connectivity index (χ3n) is 5.94. The average molecular weight is 439 g/mol. The molecule has 1 amide bonds. The van der Waals surface area contributed by atoms with E-state index in [1.165, 1.54) is 6.42 Å². The number of rotatable bonds is 5. The van der Waals surface area contributed by atoms with Crippen molar-refractivity contribution in [2.45, 2.75) is 59.4 Å². The molecule has 0 radical (unpaired) electrons. The molecule has 0 bridgehead atoms. The lowest BCUT2D eigenvalue weighted by Crippen LogP contribution is -2.39. The maximum Gasteiger partial charge on any atom is 0.229 e. The van der Waals surface area contributed by atoms with Gasteiger partial charge in [0.2, 0.25) is 17.7 Å². The molecular weight excluding hydrogens is 404 g/mol. The maximum atomic E-state index is 12.9. The number of hydrogen-bond acceptors (Lipinski definition) is 6. The summed E-state index contributed by atoms with van der Waals surface area (Å²) in [6, 6.07) is 7.52. The zero-order valence-corrected chi connectivity index (χ0v) is 19.7. The van der Waals surface area contributed by atoms with Gasteiger partial charge in [0.05, 0.1) is 24.9 Å². The van der Waals surface area contributed by atoms with Gasteiger partial charge in [-0.2, -0.15) is 4.98 Å². The molecule has 2 aliphatic rings. The molecule has 0 spiro atoms. The first-order valence-electron chi connectivity index (χ1n) is 11.6. The fourth-order valence-corrected chi connectivity index (χ4v) is 4.25. The summed E-state index contributed by atoms with van der Waals surface area (Å²) in [5, 5.41) is 0. The van der Waals surface area contributed by atoms with Crippen LogP contribution < -0.4 is 14.4 Å². The number of hydrogen-bond donors (Lipinski definition) is 0.